The molecular weight excluding hydrogens is 452 g/mol. The van der Waals surface area contributed by atoms with E-state index >= 15 is 0 Å². The van der Waals surface area contributed by atoms with E-state index in [0.29, 0.717) is 34.7 Å². The third-order valence-corrected chi connectivity index (χ3v) is 7.28. The van der Waals surface area contributed by atoms with E-state index in [9.17, 15) is 18.3 Å². The first-order valence-electron chi connectivity index (χ1n) is 11.1. The van der Waals surface area contributed by atoms with Crippen molar-refractivity contribution in [3.8, 4) is 5.75 Å². The zero-order valence-electron chi connectivity index (χ0n) is 19.3. The Morgan fingerprint density at radius 2 is 1.85 bits per heavy atom. The molecule has 2 unspecified atom stereocenters. The van der Waals surface area contributed by atoms with Crippen LogP contribution >= 0.6 is 0 Å². The van der Waals surface area contributed by atoms with Crippen LogP contribution in [-0.2, 0) is 10.0 Å². The van der Waals surface area contributed by atoms with Gasteiger partial charge in [0.05, 0.1) is 29.8 Å². The normalized spacial score (nSPS) is 17.6. The molecule has 0 spiro atoms. The molecule has 3 aromatic carbocycles. The summed E-state index contributed by atoms with van der Waals surface area (Å²) >= 11 is 0. The summed E-state index contributed by atoms with van der Waals surface area (Å²) in [6.07, 6.45) is -0.517. The molecule has 3 N–H and O–H groups in total. The molecule has 34 heavy (non-hydrogen) atoms. The molecule has 8 heteroatoms. The van der Waals surface area contributed by atoms with Crippen LogP contribution in [0.15, 0.2) is 71.6 Å². The summed E-state index contributed by atoms with van der Waals surface area (Å²) in [5.74, 6) is 0.499. The lowest BCUT2D eigenvalue weighted by Crippen LogP contribution is -2.23. The average molecular weight is 481 g/mol. The maximum absolute atomic E-state index is 12.9. The summed E-state index contributed by atoms with van der Waals surface area (Å²) in [5, 5.41) is 14.2. The Balaban J connectivity index is 1.58. The number of sulfonamides is 1. The molecule has 0 saturated carbocycles. The largest absolute Gasteiger partial charge is 0.497 e. The Morgan fingerprint density at radius 3 is 2.59 bits per heavy atom. The van der Waals surface area contributed by atoms with Gasteiger partial charge in [-0.05, 0) is 42.0 Å². The highest BCUT2D eigenvalue weighted by Gasteiger charge is 2.28. The highest BCUT2D eigenvalue weighted by atomic mass is 32.2. The van der Waals surface area contributed by atoms with Crippen molar-refractivity contribution in [2.45, 2.75) is 37.3 Å². The van der Waals surface area contributed by atoms with E-state index in [1.54, 1.807) is 36.4 Å². The maximum Gasteiger partial charge on any atom is 0.261 e. The number of Topliss-reactive ketones (excluding diaryl/α,β-unsaturated/α-hetero) is 1. The zero-order chi connectivity index (χ0) is 24.5. The molecule has 7 nitrogen and oxygen atoms in total. The second kappa shape index (κ2) is 9.48. The quantitative estimate of drug-likeness (QED) is 0.415. The van der Waals surface area contributed by atoms with E-state index in [1.165, 1.54) is 19.2 Å². The van der Waals surface area contributed by atoms with Crippen LogP contribution in [0, 0.1) is 5.92 Å². The van der Waals surface area contributed by atoms with Gasteiger partial charge in [0.25, 0.3) is 10.0 Å². The number of hydrogen-bond donors (Lipinski definition) is 3. The summed E-state index contributed by atoms with van der Waals surface area (Å²) in [5.41, 5.74) is 3.09. The van der Waals surface area contributed by atoms with Crippen molar-refractivity contribution in [2.75, 3.05) is 17.1 Å². The van der Waals surface area contributed by atoms with E-state index in [-0.39, 0.29) is 22.6 Å². The first kappa shape index (κ1) is 23.8. The number of ketones is 1. The topological polar surface area (TPSA) is 105 Å². The molecule has 0 amide bonds. The predicted octanol–water partition coefficient (Wildman–Crippen LogP) is 4.93. The third kappa shape index (κ3) is 4.93. The fraction of sp³-hybridized carbons (Fsp3) is 0.269. The van der Waals surface area contributed by atoms with Crippen molar-refractivity contribution in [1.82, 2.24) is 0 Å². The highest BCUT2D eigenvalue weighted by Crippen LogP contribution is 2.40. The number of nitrogens with one attached hydrogen (secondary N) is 2. The third-order valence-electron chi connectivity index (χ3n) is 5.90. The predicted molar refractivity (Wildman–Crippen MR) is 132 cm³/mol. The van der Waals surface area contributed by atoms with Gasteiger partial charge in [-0.1, -0.05) is 38.1 Å². The van der Waals surface area contributed by atoms with Gasteiger partial charge in [-0.2, -0.15) is 0 Å². The summed E-state index contributed by atoms with van der Waals surface area (Å²) in [6, 6.07) is 18.5. The van der Waals surface area contributed by atoms with E-state index < -0.39 is 16.1 Å². The Bertz CT molecular complexity index is 1320. The average Bonchev–Trinajstić information content (AvgIpc) is 2.83. The summed E-state index contributed by atoms with van der Waals surface area (Å²) in [4.78, 5) is 12.5. The first-order chi connectivity index (χ1) is 16.2. The van der Waals surface area contributed by atoms with E-state index in [4.69, 9.17) is 4.74 Å². The maximum atomic E-state index is 12.9. The van der Waals surface area contributed by atoms with Crippen molar-refractivity contribution < 1.29 is 23.1 Å². The monoisotopic (exact) mass is 480 g/mol. The van der Waals surface area contributed by atoms with Crippen molar-refractivity contribution in [1.29, 1.82) is 0 Å². The number of methoxy groups -OCH3 is 1. The Morgan fingerprint density at radius 1 is 1.09 bits per heavy atom. The molecule has 0 radical (unpaired) electrons. The zero-order valence-corrected chi connectivity index (χ0v) is 20.1. The smallest absolute Gasteiger partial charge is 0.261 e. The SMILES string of the molecule is COc1cccc(NS(=O)(=O)c2ccc3c(c2)C(O)CC(c2cccc(C(=O)C(C)C)c2)N3)c1. The molecule has 0 bridgehead atoms. The number of carbonyl (C=O) groups is 1. The molecule has 0 fully saturated rings. The first-order valence-corrected chi connectivity index (χ1v) is 12.6. The Hall–Kier alpha value is -3.36. The van der Waals surface area contributed by atoms with Gasteiger partial charge in [-0.15, -0.1) is 0 Å². The van der Waals surface area contributed by atoms with Crippen molar-refractivity contribution in [3.63, 3.8) is 0 Å². The molecule has 0 saturated heterocycles. The number of aliphatic hydroxyl groups excluding tert-OH is 1. The molecule has 2 atom stereocenters. The van der Waals surface area contributed by atoms with Crippen LogP contribution in [-0.4, -0.2) is 26.4 Å². The molecular formula is C26H28N2O5S. The Labute approximate surface area is 199 Å². The van der Waals surface area contributed by atoms with Gasteiger partial charge >= 0.3 is 0 Å². The molecule has 1 heterocycles. The van der Waals surface area contributed by atoms with Crippen LogP contribution in [0.3, 0.4) is 0 Å². The summed E-state index contributed by atoms with van der Waals surface area (Å²) < 4.78 is 33.6. The highest BCUT2D eigenvalue weighted by molar-refractivity contribution is 7.92. The molecule has 1 aliphatic heterocycles. The number of anilines is 2. The van der Waals surface area contributed by atoms with Gasteiger partial charge in [0, 0.05) is 35.2 Å². The second-order valence-corrected chi connectivity index (χ2v) is 10.4. The summed E-state index contributed by atoms with van der Waals surface area (Å²) in [7, 11) is -2.36. The van der Waals surface area contributed by atoms with Gasteiger partial charge < -0.3 is 15.2 Å². The van der Waals surface area contributed by atoms with Crippen LogP contribution in [0.1, 0.15) is 53.9 Å². The molecule has 0 aromatic heterocycles. The molecule has 1 aliphatic rings. The minimum Gasteiger partial charge on any atom is -0.497 e. The van der Waals surface area contributed by atoms with Gasteiger partial charge in [0.15, 0.2) is 5.78 Å². The van der Waals surface area contributed by atoms with Crippen molar-refractivity contribution >= 4 is 27.2 Å². The molecule has 0 aliphatic carbocycles. The van der Waals surface area contributed by atoms with Crippen LogP contribution in [0.4, 0.5) is 11.4 Å². The number of ether oxygens (including phenoxy) is 1. The lowest BCUT2D eigenvalue weighted by atomic mass is 9.89. The molecule has 4 rings (SSSR count). The lowest BCUT2D eigenvalue weighted by Gasteiger charge is -2.31. The van der Waals surface area contributed by atoms with Crippen LogP contribution in [0.25, 0.3) is 0 Å². The van der Waals surface area contributed by atoms with Gasteiger partial charge in [0.2, 0.25) is 0 Å². The van der Waals surface area contributed by atoms with E-state index in [0.717, 1.165) is 5.56 Å². The minimum absolute atomic E-state index is 0.0536. The number of rotatable bonds is 7. The lowest BCUT2D eigenvalue weighted by molar-refractivity contribution is 0.0939. The standard InChI is InChI=1S/C26H28N2O5S/c1-16(2)26(30)18-7-4-6-17(12-18)24-15-25(29)22-14-21(10-11-23(22)27-24)34(31,32)28-19-8-5-9-20(13-19)33-3/h4-14,16,24-25,27-29H,15H2,1-3H3. The molecule has 178 valence electrons. The minimum atomic E-state index is -3.87. The van der Waals surface area contributed by atoms with Gasteiger partial charge in [0.1, 0.15) is 5.75 Å². The van der Waals surface area contributed by atoms with Crippen molar-refractivity contribution in [2.24, 2.45) is 5.92 Å². The number of fused-ring (bicyclic) bond motifs is 1. The van der Waals surface area contributed by atoms with E-state index in [1.807, 2.05) is 32.0 Å². The van der Waals surface area contributed by atoms with Crippen LogP contribution < -0.4 is 14.8 Å². The second-order valence-electron chi connectivity index (χ2n) is 8.68. The summed E-state index contributed by atoms with van der Waals surface area (Å²) in [6.45, 7) is 3.73. The number of carbonyl (C=O) groups excluding carboxylic acids is 1. The van der Waals surface area contributed by atoms with E-state index in [2.05, 4.69) is 10.0 Å². The Kier molecular flexibility index (Phi) is 6.63. The van der Waals surface area contributed by atoms with Crippen LogP contribution in [0.5, 0.6) is 5.75 Å². The van der Waals surface area contributed by atoms with Gasteiger partial charge in [-0.3, -0.25) is 9.52 Å². The fourth-order valence-corrected chi connectivity index (χ4v) is 5.16. The van der Waals surface area contributed by atoms with Crippen LogP contribution in [0.2, 0.25) is 0 Å². The number of aliphatic hydroxyl groups is 1. The molecule has 3 aromatic rings. The number of benzene rings is 3. The van der Waals surface area contributed by atoms with Crippen molar-refractivity contribution in [3.05, 3.63) is 83.4 Å². The number of hydrogen-bond acceptors (Lipinski definition) is 6. The van der Waals surface area contributed by atoms with Gasteiger partial charge in [-0.25, -0.2) is 8.42 Å². The fourth-order valence-electron chi connectivity index (χ4n) is 4.07.